The van der Waals surface area contributed by atoms with Gasteiger partial charge in [0.05, 0.1) is 11.4 Å². The van der Waals surface area contributed by atoms with Crippen molar-refractivity contribution in [2.45, 2.75) is 6.42 Å². The zero-order chi connectivity index (χ0) is 15.3. The zero-order valence-corrected chi connectivity index (χ0v) is 12.2. The van der Waals surface area contributed by atoms with E-state index in [9.17, 15) is 8.42 Å². The maximum absolute atomic E-state index is 12.1. The van der Waals surface area contributed by atoms with E-state index >= 15 is 0 Å². The van der Waals surface area contributed by atoms with E-state index in [0.717, 1.165) is 5.56 Å². The monoisotopic (exact) mass is 303 g/mol. The van der Waals surface area contributed by atoms with Gasteiger partial charge in [-0.05, 0) is 24.1 Å². The number of para-hydroxylation sites is 1. The third-order valence-electron chi connectivity index (χ3n) is 2.98. The van der Waals surface area contributed by atoms with Crippen molar-refractivity contribution in [3.8, 4) is 0 Å². The second-order valence-electron chi connectivity index (χ2n) is 4.62. The zero-order valence-electron chi connectivity index (χ0n) is 11.4. The van der Waals surface area contributed by atoms with Gasteiger partial charge in [0.25, 0.3) is 0 Å². The number of nitrogen functional groups attached to an aromatic ring is 1. The molecule has 2 rings (SSSR count). The SMILES string of the molecule is N=C(N)c1ccccc1NS(=O)(=O)CCc1ccccc1. The smallest absolute Gasteiger partial charge is 0.233 e. The molecule has 21 heavy (non-hydrogen) atoms. The van der Waals surface area contributed by atoms with Gasteiger partial charge in [0.2, 0.25) is 10.0 Å². The largest absolute Gasteiger partial charge is 0.384 e. The molecule has 4 N–H and O–H groups in total. The van der Waals surface area contributed by atoms with E-state index in [0.29, 0.717) is 17.7 Å². The Morgan fingerprint density at radius 3 is 2.33 bits per heavy atom. The molecule has 2 aromatic rings. The summed E-state index contributed by atoms with van der Waals surface area (Å²) in [6.45, 7) is 0. The summed E-state index contributed by atoms with van der Waals surface area (Å²) in [5.74, 6) is -0.195. The normalized spacial score (nSPS) is 11.0. The minimum atomic E-state index is -3.49. The first-order chi connectivity index (χ1) is 9.98. The lowest BCUT2D eigenvalue weighted by atomic mass is 10.2. The van der Waals surface area contributed by atoms with Crippen molar-refractivity contribution in [3.05, 3.63) is 65.7 Å². The highest BCUT2D eigenvalue weighted by Gasteiger charge is 2.13. The second-order valence-corrected chi connectivity index (χ2v) is 6.46. The molecular formula is C15H17N3O2S. The van der Waals surface area contributed by atoms with Crippen LogP contribution in [-0.2, 0) is 16.4 Å². The summed E-state index contributed by atoms with van der Waals surface area (Å²) >= 11 is 0. The lowest BCUT2D eigenvalue weighted by molar-refractivity contribution is 0.600. The lowest BCUT2D eigenvalue weighted by Crippen LogP contribution is -2.21. The fraction of sp³-hybridized carbons (Fsp3) is 0.133. The quantitative estimate of drug-likeness (QED) is 0.562. The summed E-state index contributed by atoms with van der Waals surface area (Å²) in [5.41, 5.74) is 7.12. The molecule has 2 aromatic carbocycles. The molecule has 0 aliphatic rings. The maximum Gasteiger partial charge on any atom is 0.233 e. The van der Waals surface area contributed by atoms with E-state index in [1.807, 2.05) is 30.3 Å². The molecule has 0 heterocycles. The van der Waals surface area contributed by atoms with Crippen LogP contribution < -0.4 is 10.5 Å². The van der Waals surface area contributed by atoms with Gasteiger partial charge in [-0.2, -0.15) is 0 Å². The fourth-order valence-electron chi connectivity index (χ4n) is 1.92. The summed E-state index contributed by atoms with van der Waals surface area (Å²) in [6.07, 6.45) is 0.429. The van der Waals surface area contributed by atoms with Gasteiger partial charge in [0, 0.05) is 5.56 Å². The summed E-state index contributed by atoms with van der Waals surface area (Å²) in [4.78, 5) is 0. The third-order valence-corrected chi connectivity index (χ3v) is 4.26. The number of nitrogens with one attached hydrogen (secondary N) is 2. The van der Waals surface area contributed by atoms with Crippen LogP contribution in [0.15, 0.2) is 54.6 Å². The van der Waals surface area contributed by atoms with Gasteiger partial charge in [0.15, 0.2) is 0 Å². The van der Waals surface area contributed by atoms with E-state index in [2.05, 4.69) is 4.72 Å². The van der Waals surface area contributed by atoms with Gasteiger partial charge in [-0.1, -0.05) is 42.5 Å². The Hall–Kier alpha value is -2.34. The number of sulfonamides is 1. The molecular weight excluding hydrogens is 286 g/mol. The Labute approximate surface area is 124 Å². The molecule has 0 saturated heterocycles. The molecule has 0 aliphatic heterocycles. The molecule has 0 fully saturated rings. The first-order valence-electron chi connectivity index (χ1n) is 6.46. The molecule has 0 aromatic heterocycles. The maximum atomic E-state index is 12.1. The van der Waals surface area contributed by atoms with Crippen molar-refractivity contribution < 1.29 is 8.42 Å². The van der Waals surface area contributed by atoms with Gasteiger partial charge in [-0.3, -0.25) is 10.1 Å². The van der Waals surface area contributed by atoms with E-state index in [1.165, 1.54) is 0 Å². The minimum Gasteiger partial charge on any atom is -0.384 e. The van der Waals surface area contributed by atoms with Gasteiger partial charge in [-0.25, -0.2) is 8.42 Å². The van der Waals surface area contributed by atoms with Crippen LogP contribution in [0.2, 0.25) is 0 Å². The van der Waals surface area contributed by atoms with Crippen molar-refractivity contribution in [3.63, 3.8) is 0 Å². The number of hydrogen-bond acceptors (Lipinski definition) is 3. The molecule has 0 spiro atoms. The third kappa shape index (κ3) is 4.32. The number of nitrogens with two attached hydrogens (primary N) is 1. The van der Waals surface area contributed by atoms with Crippen LogP contribution in [0.25, 0.3) is 0 Å². The van der Waals surface area contributed by atoms with Crippen LogP contribution in [0.3, 0.4) is 0 Å². The Balaban J connectivity index is 2.10. The molecule has 0 unspecified atom stereocenters. The number of benzene rings is 2. The molecule has 0 aliphatic carbocycles. The predicted octanol–water partition coefficient (Wildman–Crippen LogP) is 1.96. The van der Waals surface area contributed by atoms with Crippen LogP contribution in [0.1, 0.15) is 11.1 Å². The highest BCUT2D eigenvalue weighted by Crippen LogP contribution is 2.16. The first kappa shape index (κ1) is 15.1. The molecule has 0 radical (unpaired) electrons. The van der Waals surface area contributed by atoms with Crippen LogP contribution in [-0.4, -0.2) is 20.0 Å². The van der Waals surface area contributed by atoms with Gasteiger partial charge in [-0.15, -0.1) is 0 Å². The molecule has 6 heteroatoms. The number of amidine groups is 1. The van der Waals surface area contributed by atoms with Crippen molar-refractivity contribution >= 4 is 21.5 Å². The number of anilines is 1. The van der Waals surface area contributed by atoms with E-state index in [4.69, 9.17) is 11.1 Å². The summed E-state index contributed by atoms with van der Waals surface area (Å²) in [6, 6.07) is 16.0. The van der Waals surface area contributed by atoms with E-state index in [1.54, 1.807) is 24.3 Å². The van der Waals surface area contributed by atoms with Gasteiger partial charge >= 0.3 is 0 Å². The molecule has 110 valence electrons. The molecule has 5 nitrogen and oxygen atoms in total. The van der Waals surface area contributed by atoms with Crippen molar-refractivity contribution in [1.82, 2.24) is 0 Å². The fourth-order valence-corrected chi connectivity index (χ4v) is 3.04. The second kappa shape index (κ2) is 6.41. The van der Waals surface area contributed by atoms with Gasteiger partial charge in [0.1, 0.15) is 5.84 Å². The average Bonchev–Trinajstić information content (AvgIpc) is 2.46. The average molecular weight is 303 g/mol. The first-order valence-corrected chi connectivity index (χ1v) is 8.11. The highest BCUT2D eigenvalue weighted by atomic mass is 32.2. The Morgan fingerprint density at radius 1 is 1.05 bits per heavy atom. The predicted molar refractivity (Wildman–Crippen MR) is 85.0 cm³/mol. The van der Waals surface area contributed by atoms with Crippen LogP contribution in [0, 0.1) is 5.41 Å². The number of hydrogen-bond donors (Lipinski definition) is 3. The van der Waals surface area contributed by atoms with Crippen LogP contribution in [0.5, 0.6) is 0 Å². The summed E-state index contributed by atoms with van der Waals surface area (Å²) < 4.78 is 26.7. The van der Waals surface area contributed by atoms with E-state index in [-0.39, 0.29) is 11.6 Å². The molecule has 0 atom stereocenters. The van der Waals surface area contributed by atoms with Crippen molar-refractivity contribution in [2.75, 3.05) is 10.5 Å². The number of aryl methyl sites for hydroxylation is 1. The van der Waals surface area contributed by atoms with Crippen LogP contribution in [0.4, 0.5) is 5.69 Å². The Bertz CT molecular complexity index is 728. The highest BCUT2D eigenvalue weighted by molar-refractivity contribution is 7.92. The Morgan fingerprint density at radius 2 is 1.67 bits per heavy atom. The molecule has 0 amide bonds. The van der Waals surface area contributed by atoms with E-state index < -0.39 is 10.0 Å². The van der Waals surface area contributed by atoms with Gasteiger partial charge < -0.3 is 5.73 Å². The standard InChI is InChI=1S/C15H17N3O2S/c16-15(17)13-8-4-5-9-14(13)18-21(19,20)11-10-12-6-2-1-3-7-12/h1-9,18H,10-11H2,(H3,16,17). The van der Waals surface area contributed by atoms with Crippen LogP contribution >= 0.6 is 0 Å². The Kier molecular flexibility index (Phi) is 4.59. The summed E-state index contributed by atoms with van der Waals surface area (Å²) in [7, 11) is -3.49. The van der Waals surface area contributed by atoms with Crippen molar-refractivity contribution in [2.24, 2.45) is 5.73 Å². The molecule has 0 saturated carbocycles. The topological polar surface area (TPSA) is 96.0 Å². The molecule has 0 bridgehead atoms. The lowest BCUT2D eigenvalue weighted by Gasteiger charge is -2.11. The summed E-state index contributed by atoms with van der Waals surface area (Å²) in [5, 5.41) is 7.46. The van der Waals surface area contributed by atoms with Crippen molar-refractivity contribution in [1.29, 1.82) is 5.41 Å². The number of rotatable bonds is 6. The minimum absolute atomic E-state index is 0.0246.